The number of ether oxygens (including phenoxy) is 2. The maximum Gasteiger partial charge on any atom is 0.475 e. The van der Waals surface area contributed by atoms with Crippen LogP contribution >= 0.6 is 0 Å². The molecule has 14 heteroatoms. The molecule has 0 aromatic heterocycles. The maximum absolute atomic E-state index is 14.2. The predicted molar refractivity (Wildman–Crippen MR) is 75.2 cm³/mol. The zero-order valence-corrected chi connectivity index (χ0v) is 12.6. The second kappa shape index (κ2) is 9.95. The molecule has 4 atom stereocenters. The number of hydrogen-bond donors (Lipinski definition) is 1. The Bertz CT molecular complexity index is 602. The summed E-state index contributed by atoms with van der Waals surface area (Å²) in [5.74, 6) is 2.37. The van der Waals surface area contributed by atoms with Gasteiger partial charge in [0.05, 0.1) is 12.6 Å². The molecule has 1 fully saturated rings. The number of halogens is 4. The van der Waals surface area contributed by atoms with Gasteiger partial charge in [-0.05, 0) is 5.53 Å². The fourth-order valence-electron chi connectivity index (χ4n) is 1.87. The summed E-state index contributed by atoms with van der Waals surface area (Å²) in [5, 5.41) is 17.6. The Balaban J connectivity index is 2.49. The number of azo groups is 1. The molecule has 1 amide bonds. The lowest BCUT2D eigenvalue weighted by Gasteiger charge is -2.16. The Morgan fingerprint density at radius 3 is 2.80 bits per heavy atom. The van der Waals surface area contributed by atoms with Crippen LogP contribution in [0.5, 0.6) is 0 Å². The van der Waals surface area contributed by atoms with Gasteiger partial charge in [-0.25, -0.2) is 4.39 Å². The molecule has 0 aliphatic carbocycles. The van der Waals surface area contributed by atoms with Gasteiger partial charge in [0.25, 0.3) is 0 Å². The lowest BCUT2D eigenvalue weighted by atomic mass is 9.70. The molecule has 0 radical (unpaired) electrons. The van der Waals surface area contributed by atoms with Crippen LogP contribution in [0.25, 0.3) is 10.4 Å². The molecule has 1 heterocycles. The number of amides is 1. The highest BCUT2D eigenvalue weighted by Crippen LogP contribution is 2.26. The van der Waals surface area contributed by atoms with Crippen LogP contribution in [0.15, 0.2) is 15.3 Å². The van der Waals surface area contributed by atoms with Crippen molar-refractivity contribution < 1.29 is 36.9 Å². The first-order valence-corrected chi connectivity index (χ1v) is 6.78. The number of alkyl halides is 4. The monoisotopic (exact) mass is 365 g/mol. The van der Waals surface area contributed by atoms with E-state index in [9.17, 15) is 22.4 Å². The summed E-state index contributed by atoms with van der Waals surface area (Å²) in [5.41, 5.74) is 8.13. The van der Waals surface area contributed by atoms with Crippen molar-refractivity contribution in [3.05, 3.63) is 10.4 Å². The molecule has 0 bridgehead atoms. The number of aliphatic hydroxyl groups excluding tert-OH is 1. The van der Waals surface area contributed by atoms with E-state index >= 15 is 0 Å². The highest BCUT2D eigenvalue weighted by molar-refractivity contribution is 6.47. The second-order valence-electron chi connectivity index (χ2n) is 4.59. The second-order valence-corrected chi connectivity index (χ2v) is 4.59. The van der Waals surface area contributed by atoms with E-state index in [1.165, 1.54) is 0 Å². The SMILES string of the molecule is [N-]=[N+]=NCOC1[C@@H](CO)O[C@@H](BC#CCN=NC(=O)C(F)(F)F)[C@H]1F. The van der Waals surface area contributed by atoms with Crippen molar-refractivity contribution in [3.63, 3.8) is 0 Å². The number of carbonyl (C=O) groups is 1. The third-order valence-corrected chi connectivity index (χ3v) is 2.94. The molecule has 136 valence electrons. The van der Waals surface area contributed by atoms with E-state index in [4.69, 9.17) is 20.1 Å². The van der Waals surface area contributed by atoms with Crippen molar-refractivity contribution >= 4 is 13.2 Å². The van der Waals surface area contributed by atoms with Gasteiger partial charge in [0.15, 0.2) is 0 Å². The Kier molecular flexibility index (Phi) is 8.29. The van der Waals surface area contributed by atoms with E-state index in [2.05, 4.69) is 32.0 Å². The van der Waals surface area contributed by atoms with Crippen LogP contribution in [0, 0.1) is 11.7 Å². The van der Waals surface area contributed by atoms with E-state index in [0.717, 1.165) is 0 Å². The van der Waals surface area contributed by atoms with Crippen molar-refractivity contribution in [1.29, 1.82) is 0 Å². The smallest absolute Gasteiger partial charge is 0.394 e. The highest BCUT2D eigenvalue weighted by atomic mass is 19.4. The first-order valence-electron chi connectivity index (χ1n) is 6.78. The van der Waals surface area contributed by atoms with Crippen molar-refractivity contribution in [3.8, 4) is 11.7 Å². The van der Waals surface area contributed by atoms with Crippen molar-refractivity contribution in [2.24, 2.45) is 15.3 Å². The average molecular weight is 365 g/mol. The van der Waals surface area contributed by atoms with Gasteiger partial charge in [-0.3, -0.25) is 4.79 Å². The molecule has 0 saturated carbocycles. The zero-order chi connectivity index (χ0) is 18.9. The summed E-state index contributed by atoms with van der Waals surface area (Å²) in [6.45, 7) is -1.45. The normalized spacial score (nSPS) is 26.0. The first-order chi connectivity index (χ1) is 11.8. The molecule has 1 aliphatic heterocycles. The van der Waals surface area contributed by atoms with Gasteiger partial charge in [-0.15, -0.1) is 5.11 Å². The standard InChI is InChI=1S/C11H12BF4N5O4/c13-7-8(24-5-19-21-17)6(4-22)25-9(7)12-2-1-3-18-20-10(23)11(14,15)16/h6-9,12,22H,3-5H2/t6-,7+,8?,9-/m1/s1. The van der Waals surface area contributed by atoms with Crippen LogP contribution < -0.4 is 0 Å². The van der Waals surface area contributed by atoms with E-state index in [1.807, 2.05) is 0 Å². The number of nitrogens with zero attached hydrogens (tertiary/aromatic N) is 5. The molecule has 1 rings (SSSR count). The minimum atomic E-state index is -5.10. The summed E-state index contributed by atoms with van der Waals surface area (Å²) >= 11 is 0. The van der Waals surface area contributed by atoms with Crippen LogP contribution in [0.4, 0.5) is 17.6 Å². The van der Waals surface area contributed by atoms with Crippen LogP contribution in [-0.4, -0.2) is 68.7 Å². The third-order valence-electron chi connectivity index (χ3n) is 2.94. The largest absolute Gasteiger partial charge is 0.475 e. The topological polar surface area (TPSA) is 129 Å². The quantitative estimate of drug-likeness (QED) is 0.185. The van der Waals surface area contributed by atoms with Gasteiger partial charge in [0, 0.05) is 4.91 Å². The highest BCUT2D eigenvalue weighted by Gasteiger charge is 2.45. The summed E-state index contributed by atoms with van der Waals surface area (Å²) < 4.78 is 59.9. The molecule has 9 nitrogen and oxygen atoms in total. The molecule has 0 aromatic carbocycles. The number of aliphatic hydroxyl groups is 1. The predicted octanol–water partition coefficient (Wildman–Crippen LogP) is 0.633. The van der Waals surface area contributed by atoms with Gasteiger partial charge < -0.3 is 14.6 Å². The van der Waals surface area contributed by atoms with E-state index < -0.39 is 56.3 Å². The molecule has 1 unspecified atom stereocenters. The fraction of sp³-hybridized carbons (Fsp3) is 0.727. The summed E-state index contributed by atoms with van der Waals surface area (Å²) in [6.07, 6.45) is -8.88. The Labute approximate surface area is 139 Å². The van der Waals surface area contributed by atoms with Crippen molar-refractivity contribution in [2.75, 3.05) is 19.9 Å². The molecule has 1 N–H and O–H groups in total. The number of rotatable bonds is 6. The molecule has 0 aromatic rings. The number of carbonyl (C=O) groups excluding carboxylic acids is 1. The van der Waals surface area contributed by atoms with Gasteiger partial charge >= 0.3 is 12.1 Å². The average Bonchev–Trinajstić information content (AvgIpc) is 2.86. The van der Waals surface area contributed by atoms with Gasteiger partial charge in [0.2, 0.25) is 7.28 Å². The lowest BCUT2D eigenvalue weighted by molar-refractivity contribution is -0.170. The summed E-state index contributed by atoms with van der Waals surface area (Å²) in [6, 6.07) is -1.05. The van der Waals surface area contributed by atoms with Gasteiger partial charge in [-0.1, -0.05) is 11.0 Å². The van der Waals surface area contributed by atoms with Gasteiger partial charge in [-0.2, -0.15) is 24.1 Å². The van der Waals surface area contributed by atoms with Crippen LogP contribution in [0.1, 0.15) is 0 Å². The molecule has 1 aliphatic rings. The molecule has 0 spiro atoms. The third kappa shape index (κ3) is 6.67. The van der Waals surface area contributed by atoms with Crippen molar-refractivity contribution in [1.82, 2.24) is 0 Å². The first kappa shape index (κ1) is 20.8. The van der Waals surface area contributed by atoms with E-state index in [1.54, 1.807) is 0 Å². The molecular formula is C11H12BF4N5O4. The Morgan fingerprint density at radius 2 is 2.20 bits per heavy atom. The minimum Gasteiger partial charge on any atom is -0.394 e. The van der Waals surface area contributed by atoms with Crippen LogP contribution in [0.3, 0.4) is 0 Å². The summed E-state index contributed by atoms with van der Waals surface area (Å²) in [4.78, 5) is 12.8. The fourth-order valence-corrected chi connectivity index (χ4v) is 1.87. The molecular weight excluding hydrogens is 353 g/mol. The van der Waals surface area contributed by atoms with Crippen molar-refractivity contribution in [2.45, 2.75) is 30.6 Å². The van der Waals surface area contributed by atoms with E-state index in [0.29, 0.717) is 0 Å². The maximum atomic E-state index is 14.2. The number of hydrogen-bond acceptors (Lipinski definition) is 6. The molecule has 25 heavy (non-hydrogen) atoms. The number of azide groups is 1. The lowest BCUT2D eigenvalue weighted by Crippen LogP contribution is -2.35. The van der Waals surface area contributed by atoms with Gasteiger partial charge in [0.1, 0.15) is 31.7 Å². The molecule has 1 saturated heterocycles. The Hall–Kier alpha value is -2.20. The minimum absolute atomic E-state index is 0.151. The Morgan fingerprint density at radius 1 is 1.48 bits per heavy atom. The summed E-state index contributed by atoms with van der Waals surface area (Å²) in [7, 11) is -0.151. The van der Waals surface area contributed by atoms with Crippen LogP contribution in [0.2, 0.25) is 0 Å². The zero-order valence-electron chi connectivity index (χ0n) is 12.6. The van der Waals surface area contributed by atoms with E-state index in [-0.39, 0.29) is 7.28 Å². The van der Waals surface area contributed by atoms with Crippen LogP contribution in [-0.2, 0) is 14.3 Å².